The third-order valence-corrected chi connectivity index (χ3v) is 2.76. The molecule has 0 aliphatic heterocycles. The predicted octanol–water partition coefficient (Wildman–Crippen LogP) is 1.74. The molecule has 1 rings (SSSR count). The summed E-state index contributed by atoms with van der Waals surface area (Å²) in [5, 5.41) is 10.7. The Balaban J connectivity index is 3.12. The smallest absolute Gasteiger partial charge is 0.0715 e. The fourth-order valence-corrected chi connectivity index (χ4v) is 1.27. The standard InChI is InChI=1S/C12H16O2/c1-4-12(2,3)10-7-5-6-9(8-10)11(13)14/h5-8H,4H2,1-3H3,(H,13,14)/p-1. The van der Waals surface area contributed by atoms with Crippen molar-refractivity contribution >= 4 is 5.97 Å². The average molecular weight is 191 g/mol. The zero-order valence-corrected chi connectivity index (χ0v) is 8.83. The molecule has 2 nitrogen and oxygen atoms in total. The lowest BCUT2D eigenvalue weighted by atomic mass is 9.82. The van der Waals surface area contributed by atoms with E-state index in [4.69, 9.17) is 0 Å². The van der Waals surface area contributed by atoms with Crippen LogP contribution in [-0.4, -0.2) is 5.97 Å². The van der Waals surface area contributed by atoms with Gasteiger partial charge in [0.15, 0.2) is 0 Å². The lowest BCUT2D eigenvalue weighted by Gasteiger charge is -2.23. The molecule has 76 valence electrons. The van der Waals surface area contributed by atoms with Gasteiger partial charge in [-0.3, -0.25) is 0 Å². The zero-order valence-electron chi connectivity index (χ0n) is 8.83. The maximum Gasteiger partial charge on any atom is 0.0715 e. The number of aromatic carboxylic acids is 1. The molecule has 0 heterocycles. The summed E-state index contributed by atoms with van der Waals surface area (Å²) in [5.41, 5.74) is 1.32. The first-order valence-corrected chi connectivity index (χ1v) is 4.79. The molecule has 2 heteroatoms. The number of rotatable bonds is 3. The van der Waals surface area contributed by atoms with Crippen LogP contribution in [0.1, 0.15) is 43.1 Å². The van der Waals surface area contributed by atoms with Crippen molar-refractivity contribution in [3.63, 3.8) is 0 Å². The first-order valence-electron chi connectivity index (χ1n) is 4.79. The average Bonchev–Trinajstić information content (AvgIpc) is 2.18. The maximum atomic E-state index is 10.7. The number of carbonyl (C=O) groups is 1. The number of carbonyl (C=O) groups excluding carboxylic acids is 1. The van der Waals surface area contributed by atoms with E-state index in [9.17, 15) is 9.90 Å². The molecule has 0 saturated heterocycles. The number of carboxylic acids is 1. The predicted molar refractivity (Wildman–Crippen MR) is 54.1 cm³/mol. The highest BCUT2D eigenvalue weighted by molar-refractivity contribution is 5.85. The second-order valence-corrected chi connectivity index (χ2v) is 4.11. The number of hydrogen-bond donors (Lipinski definition) is 0. The molecule has 1 aromatic carbocycles. The van der Waals surface area contributed by atoms with E-state index in [1.807, 2.05) is 6.07 Å². The van der Waals surface area contributed by atoms with Crippen LogP contribution < -0.4 is 5.11 Å². The summed E-state index contributed by atoms with van der Waals surface area (Å²) in [6.45, 7) is 6.29. The van der Waals surface area contributed by atoms with Crippen LogP contribution in [0.5, 0.6) is 0 Å². The van der Waals surface area contributed by atoms with Gasteiger partial charge in [0.1, 0.15) is 0 Å². The van der Waals surface area contributed by atoms with Gasteiger partial charge < -0.3 is 9.90 Å². The minimum absolute atomic E-state index is 0.0193. The minimum atomic E-state index is -1.11. The molecule has 0 aromatic heterocycles. The maximum absolute atomic E-state index is 10.7. The lowest BCUT2D eigenvalue weighted by molar-refractivity contribution is -0.255. The van der Waals surface area contributed by atoms with Crippen LogP contribution in [0.25, 0.3) is 0 Å². The summed E-state index contributed by atoms with van der Waals surface area (Å²) < 4.78 is 0. The number of benzene rings is 1. The van der Waals surface area contributed by atoms with Gasteiger partial charge in [0, 0.05) is 0 Å². The van der Waals surface area contributed by atoms with Crippen molar-refractivity contribution in [1.82, 2.24) is 0 Å². The summed E-state index contributed by atoms with van der Waals surface area (Å²) in [5.74, 6) is -1.11. The Kier molecular flexibility index (Phi) is 2.94. The van der Waals surface area contributed by atoms with Gasteiger partial charge in [0.25, 0.3) is 0 Å². The van der Waals surface area contributed by atoms with E-state index in [0.717, 1.165) is 12.0 Å². The van der Waals surface area contributed by atoms with Gasteiger partial charge in [-0.25, -0.2) is 0 Å². The van der Waals surface area contributed by atoms with E-state index in [0.29, 0.717) is 0 Å². The molecule has 14 heavy (non-hydrogen) atoms. The fourth-order valence-electron chi connectivity index (χ4n) is 1.27. The molecule has 0 unspecified atom stereocenters. The SMILES string of the molecule is CCC(C)(C)c1cccc(C(=O)[O-])c1. The van der Waals surface area contributed by atoms with Crippen LogP contribution in [0.2, 0.25) is 0 Å². The molecular formula is C12H15O2-. The molecule has 0 amide bonds. The van der Waals surface area contributed by atoms with Gasteiger partial charge in [0.05, 0.1) is 5.97 Å². The van der Waals surface area contributed by atoms with Crippen molar-refractivity contribution in [2.24, 2.45) is 0 Å². The molecule has 0 spiro atoms. The largest absolute Gasteiger partial charge is 0.545 e. The van der Waals surface area contributed by atoms with Gasteiger partial charge >= 0.3 is 0 Å². The summed E-state index contributed by atoms with van der Waals surface area (Å²) in [4.78, 5) is 10.7. The Hall–Kier alpha value is -1.31. The molecule has 0 aliphatic carbocycles. The third kappa shape index (κ3) is 2.13. The van der Waals surface area contributed by atoms with Crippen LogP contribution >= 0.6 is 0 Å². The quantitative estimate of drug-likeness (QED) is 0.730. The van der Waals surface area contributed by atoms with Crippen molar-refractivity contribution in [2.75, 3.05) is 0 Å². The van der Waals surface area contributed by atoms with Crippen molar-refractivity contribution in [1.29, 1.82) is 0 Å². The first kappa shape index (κ1) is 10.8. The highest BCUT2D eigenvalue weighted by atomic mass is 16.4. The molecule has 0 bridgehead atoms. The summed E-state index contributed by atoms with van der Waals surface area (Å²) in [6, 6.07) is 6.97. The van der Waals surface area contributed by atoms with Gasteiger partial charge in [-0.05, 0) is 29.0 Å². The molecule has 0 aliphatic rings. The topological polar surface area (TPSA) is 40.1 Å². The highest BCUT2D eigenvalue weighted by Gasteiger charge is 2.17. The first-order chi connectivity index (χ1) is 6.47. The summed E-state index contributed by atoms with van der Waals surface area (Å²) >= 11 is 0. The van der Waals surface area contributed by atoms with Crippen LogP contribution in [0.4, 0.5) is 0 Å². The molecule has 1 aromatic rings. The van der Waals surface area contributed by atoms with Crippen molar-refractivity contribution in [3.05, 3.63) is 35.4 Å². The van der Waals surface area contributed by atoms with Crippen LogP contribution in [0.3, 0.4) is 0 Å². The summed E-state index contributed by atoms with van der Waals surface area (Å²) in [7, 11) is 0. The summed E-state index contributed by atoms with van der Waals surface area (Å²) in [6.07, 6.45) is 0.976. The molecule has 0 saturated carbocycles. The van der Waals surface area contributed by atoms with E-state index in [2.05, 4.69) is 20.8 Å². The number of carboxylic acid groups (broad SMARTS) is 1. The normalized spacial score (nSPS) is 11.4. The third-order valence-electron chi connectivity index (χ3n) is 2.76. The monoisotopic (exact) mass is 191 g/mol. The van der Waals surface area contributed by atoms with Gasteiger partial charge in [-0.15, -0.1) is 0 Å². The van der Waals surface area contributed by atoms with E-state index < -0.39 is 5.97 Å². The van der Waals surface area contributed by atoms with Crippen molar-refractivity contribution in [3.8, 4) is 0 Å². The Morgan fingerprint density at radius 2 is 2.07 bits per heavy atom. The van der Waals surface area contributed by atoms with E-state index in [1.165, 1.54) is 0 Å². The van der Waals surface area contributed by atoms with E-state index in [1.54, 1.807) is 18.2 Å². The molecule has 0 radical (unpaired) electrons. The van der Waals surface area contributed by atoms with Crippen molar-refractivity contribution < 1.29 is 9.90 Å². The molecular weight excluding hydrogens is 176 g/mol. The van der Waals surface area contributed by atoms with Gasteiger partial charge in [-0.2, -0.15) is 0 Å². The second kappa shape index (κ2) is 3.82. The Morgan fingerprint density at radius 3 is 2.57 bits per heavy atom. The van der Waals surface area contributed by atoms with Crippen LogP contribution in [0, 0.1) is 0 Å². The molecule has 0 fully saturated rings. The second-order valence-electron chi connectivity index (χ2n) is 4.11. The Bertz CT molecular complexity index is 340. The van der Waals surface area contributed by atoms with Gasteiger partial charge in [0.2, 0.25) is 0 Å². The van der Waals surface area contributed by atoms with E-state index in [-0.39, 0.29) is 11.0 Å². The highest BCUT2D eigenvalue weighted by Crippen LogP contribution is 2.26. The minimum Gasteiger partial charge on any atom is -0.545 e. The van der Waals surface area contributed by atoms with Crippen LogP contribution in [0.15, 0.2) is 24.3 Å². The van der Waals surface area contributed by atoms with Crippen LogP contribution in [-0.2, 0) is 5.41 Å². The van der Waals surface area contributed by atoms with Gasteiger partial charge in [-0.1, -0.05) is 39.0 Å². The molecule has 0 N–H and O–H groups in total. The fraction of sp³-hybridized carbons (Fsp3) is 0.417. The Labute approximate surface area is 84.6 Å². The van der Waals surface area contributed by atoms with Crippen molar-refractivity contribution in [2.45, 2.75) is 32.6 Å². The zero-order chi connectivity index (χ0) is 10.8. The van der Waals surface area contributed by atoms with E-state index >= 15 is 0 Å². The lowest BCUT2D eigenvalue weighted by Crippen LogP contribution is -2.23. The number of hydrogen-bond acceptors (Lipinski definition) is 2. The molecule has 0 atom stereocenters. The Morgan fingerprint density at radius 1 is 1.43 bits per heavy atom.